The Morgan fingerprint density at radius 3 is 2.70 bits per heavy atom. The number of hydrogen-bond acceptors (Lipinski definition) is 3. The van der Waals surface area contributed by atoms with Crippen LogP contribution < -0.4 is 0 Å². The third kappa shape index (κ3) is 1.98. The number of carbonyl (C=O) groups excluding carboxylic acids is 2. The maximum absolute atomic E-state index is 11.9. The minimum Gasteiger partial charge on any atom is -0.393 e. The van der Waals surface area contributed by atoms with E-state index in [1.807, 2.05) is 0 Å². The molecule has 7 atom stereocenters. The molecule has 0 amide bonds. The van der Waals surface area contributed by atoms with Gasteiger partial charge in [0.2, 0.25) is 0 Å². The first-order valence-electron chi connectivity index (χ1n) is 9.28. The first kappa shape index (κ1) is 15.6. The summed E-state index contributed by atoms with van der Waals surface area (Å²) in [6, 6.07) is 0. The van der Waals surface area contributed by atoms with Gasteiger partial charge in [0.1, 0.15) is 6.29 Å². The van der Waals surface area contributed by atoms with Crippen LogP contribution in [0.25, 0.3) is 0 Å². The fourth-order valence-corrected chi connectivity index (χ4v) is 6.80. The van der Waals surface area contributed by atoms with Crippen molar-refractivity contribution in [2.24, 2.45) is 34.5 Å². The zero-order valence-corrected chi connectivity index (χ0v) is 14.3. The minimum absolute atomic E-state index is 0.0112. The average Bonchev–Trinajstić information content (AvgIpc) is 2.83. The van der Waals surface area contributed by atoms with E-state index in [-0.39, 0.29) is 28.6 Å². The molecule has 0 bridgehead atoms. The van der Waals surface area contributed by atoms with Crippen molar-refractivity contribution in [2.75, 3.05) is 0 Å². The molecule has 1 unspecified atom stereocenters. The van der Waals surface area contributed by atoms with Gasteiger partial charge in [0.15, 0.2) is 5.78 Å². The molecule has 0 spiro atoms. The number of rotatable bonds is 1. The smallest absolute Gasteiger partial charge is 0.155 e. The summed E-state index contributed by atoms with van der Waals surface area (Å²) in [7, 11) is 0. The van der Waals surface area contributed by atoms with Crippen LogP contribution in [0, 0.1) is 34.5 Å². The van der Waals surface area contributed by atoms with E-state index >= 15 is 0 Å². The van der Waals surface area contributed by atoms with Crippen LogP contribution in [-0.2, 0) is 9.59 Å². The van der Waals surface area contributed by atoms with Crippen molar-refractivity contribution in [1.82, 2.24) is 0 Å². The molecule has 126 valence electrons. The molecule has 0 aromatic heterocycles. The summed E-state index contributed by atoms with van der Waals surface area (Å²) < 4.78 is 0. The topological polar surface area (TPSA) is 54.4 Å². The maximum Gasteiger partial charge on any atom is 0.155 e. The summed E-state index contributed by atoms with van der Waals surface area (Å²) in [5.41, 5.74) is 1.17. The highest BCUT2D eigenvalue weighted by molar-refractivity contribution is 5.92. The van der Waals surface area contributed by atoms with Crippen molar-refractivity contribution in [1.29, 1.82) is 0 Å². The standard InChI is InChI=1S/C20H28O3/c1-19-7-5-13(22)10-17(19)12(11-21)9-14-15-3-4-18(23)20(15,2)8-6-16(14)19/h10-12,14-16,18,23H,3-9H2,1-2H3/t12?,14-,15-,16-,18-,19+,20-/m0/s1. The highest BCUT2D eigenvalue weighted by Crippen LogP contribution is 2.65. The molecule has 0 aromatic carbocycles. The van der Waals surface area contributed by atoms with E-state index < -0.39 is 0 Å². The second kappa shape index (κ2) is 5.02. The molecule has 4 aliphatic carbocycles. The third-order valence-electron chi connectivity index (χ3n) is 8.16. The molecule has 0 saturated heterocycles. The van der Waals surface area contributed by atoms with Crippen LogP contribution in [0.5, 0.6) is 0 Å². The number of aldehydes is 1. The van der Waals surface area contributed by atoms with Crippen LogP contribution in [0.3, 0.4) is 0 Å². The van der Waals surface area contributed by atoms with Gasteiger partial charge in [-0.1, -0.05) is 19.4 Å². The summed E-state index contributed by atoms with van der Waals surface area (Å²) in [5, 5.41) is 10.5. The monoisotopic (exact) mass is 316 g/mol. The van der Waals surface area contributed by atoms with Gasteiger partial charge in [0, 0.05) is 12.3 Å². The van der Waals surface area contributed by atoms with E-state index in [2.05, 4.69) is 13.8 Å². The molecule has 23 heavy (non-hydrogen) atoms. The molecule has 4 aliphatic rings. The summed E-state index contributed by atoms with van der Waals surface area (Å²) >= 11 is 0. The Morgan fingerprint density at radius 2 is 1.96 bits per heavy atom. The predicted octanol–water partition coefficient (Wildman–Crippen LogP) is 3.30. The first-order valence-corrected chi connectivity index (χ1v) is 9.28. The molecule has 3 fully saturated rings. The Morgan fingerprint density at radius 1 is 1.17 bits per heavy atom. The Labute approximate surface area is 138 Å². The van der Waals surface area contributed by atoms with E-state index in [1.54, 1.807) is 6.08 Å². The van der Waals surface area contributed by atoms with Crippen molar-refractivity contribution >= 4 is 12.1 Å². The lowest BCUT2D eigenvalue weighted by atomic mass is 9.45. The van der Waals surface area contributed by atoms with Gasteiger partial charge in [0.25, 0.3) is 0 Å². The van der Waals surface area contributed by atoms with Gasteiger partial charge in [-0.2, -0.15) is 0 Å². The second-order valence-corrected chi connectivity index (χ2v) is 8.98. The highest BCUT2D eigenvalue weighted by atomic mass is 16.3. The SMILES string of the molecule is C[C@]12CC[C@H]3[C@@H](CC(C=O)C4=CC(=O)CC[C@@]43C)[C@@H]1CC[C@@H]2O. The number of carbonyl (C=O) groups is 2. The van der Waals surface area contributed by atoms with Gasteiger partial charge in [-0.15, -0.1) is 0 Å². The Kier molecular flexibility index (Phi) is 3.39. The first-order chi connectivity index (χ1) is 10.9. The van der Waals surface area contributed by atoms with E-state index in [0.717, 1.165) is 50.4 Å². The van der Waals surface area contributed by atoms with E-state index in [9.17, 15) is 14.7 Å². The van der Waals surface area contributed by atoms with Gasteiger partial charge in [-0.3, -0.25) is 4.79 Å². The number of aliphatic hydroxyl groups excluding tert-OH is 1. The van der Waals surface area contributed by atoms with Crippen LogP contribution in [-0.4, -0.2) is 23.3 Å². The van der Waals surface area contributed by atoms with Crippen LogP contribution in [0.4, 0.5) is 0 Å². The number of aliphatic hydroxyl groups is 1. The zero-order valence-electron chi connectivity index (χ0n) is 14.3. The highest BCUT2D eigenvalue weighted by Gasteiger charge is 2.60. The van der Waals surface area contributed by atoms with Gasteiger partial charge in [0.05, 0.1) is 6.10 Å². The number of ketones is 1. The molecule has 3 heteroatoms. The van der Waals surface area contributed by atoms with Crippen LogP contribution in [0.15, 0.2) is 11.6 Å². The summed E-state index contributed by atoms with van der Waals surface area (Å²) in [5.74, 6) is 1.73. The molecular weight excluding hydrogens is 288 g/mol. The fourth-order valence-electron chi connectivity index (χ4n) is 6.80. The van der Waals surface area contributed by atoms with Crippen LogP contribution in [0.1, 0.15) is 58.8 Å². The molecule has 4 rings (SSSR count). The normalized spacial score (nSPS) is 52.2. The van der Waals surface area contributed by atoms with Crippen molar-refractivity contribution in [3.8, 4) is 0 Å². The Balaban J connectivity index is 1.75. The molecule has 3 nitrogen and oxygen atoms in total. The summed E-state index contributed by atoms with van der Waals surface area (Å²) in [6.07, 6.45) is 9.33. The zero-order chi connectivity index (χ0) is 16.4. The maximum atomic E-state index is 11.9. The van der Waals surface area contributed by atoms with Gasteiger partial charge in [-0.25, -0.2) is 0 Å². The number of allylic oxidation sites excluding steroid dienone is 1. The predicted molar refractivity (Wildman–Crippen MR) is 87.7 cm³/mol. The second-order valence-electron chi connectivity index (χ2n) is 8.98. The van der Waals surface area contributed by atoms with Gasteiger partial charge in [-0.05, 0) is 73.2 Å². The largest absolute Gasteiger partial charge is 0.393 e. The molecule has 0 aromatic rings. The quantitative estimate of drug-likeness (QED) is 0.755. The molecule has 3 saturated carbocycles. The van der Waals surface area contributed by atoms with E-state index in [0.29, 0.717) is 24.2 Å². The van der Waals surface area contributed by atoms with Crippen molar-refractivity contribution in [2.45, 2.75) is 64.9 Å². The van der Waals surface area contributed by atoms with Gasteiger partial charge < -0.3 is 9.90 Å². The number of hydrogen-bond donors (Lipinski definition) is 1. The Bertz CT molecular complexity index is 579. The lowest BCUT2D eigenvalue weighted by Gasteiger charge is -2.59. The van der Waals surface area contributed by atoms with E-state index in [1.165, 1.54) is 0 Å². The van der Waals surface area contributed by atoms with Crippen molar-refractivity contribution < 1.29 is 14.7 Å². The lowest BCUT2D eigenvalue weighted by molar-refractivity contribution is -0.122. The average molecular weight is 316 g/mol. The minimum atomic E-state index is -0.180. The lowest BCUT2D eigenvalue weighted by Crippen LogP contribution is -2.53. The van der Waals surface area contributed by atoms with Crippen LogP contribution >= 0.6 is 0 Å². The van der Waals surface area contributed by atoms with Gasteiger partial charge >= 0.3 is 0 Å². The van der Waals surface area contributed by atoms with Crippen molar-refractivity contribution in [3.63, 3.8) is 0 Å². The molecule has 0 heterocycles. The Hall–Kier alpha value is -0.960. The van der Waals surface area contributed by atoms with Crippen molar-refractivity contribution in [3.05, 3.63) is 11.6 Å². The number of fused-ring (bicyclic) bond motifs is 5. The fraction of sp³-hybridized carbons (Fsp3) is 0.800. The third-order valence-corrected chi connectivity index (χ3v) is 8.16. The van der Waals surface area contributed by atoms with Crippen LogP contribution in [0.2, 0.25) is 0 Å². The molecule has 1 N–H and O–H groups in total. The summed E-state index contributed by atoms with van der Waals surface area (Å²) in [6.45, 7) is 4.56. The molecule has 0 radical (unpaired) electrons. The molecule has 0 aliphatic heterocycles. The molecular formula is C20H28O3. The summed E-state index contributed by atoms with van der Waals surface area (Å²) in [4.78, 5) is 23.7. The van der Waals surface area contributed by atoms with E-state index in [4.69, 9.17) is 0 Å².